The molecule has 0 aliphatic carbocycles. The van der Waals surface area contributed by atoms with E-state index in [2.05, 4.69) is 0 Å². The van der Waals surface area contributed by atoms with Gasteiger partial charge < -0.3 is 0 Å². The highest BCUT2D eigenvalue weighted by Gasteiger charge is 2.18. The van der Waals surface area contributed by atoms with Gasteiger partial charge in [0, 0.05) is 22.3 Å². The molecule has 0 atom stereocenters. The molecule has 0 saturated heterocycles. The smallest absolute Gasteiger partial charge is 0.164 e. The molecule has 0 N–H and O–H groups in total. The highest BCUT2D eigenvalue weighted by atomic mass is 19.1. The Hall–Kier alpha value is -5.49. The third-order valence-corrected chi connectivity index (χ3v) is 6.73. The van der Waals surface area contributed by atoms with E-state index in [1.807, 2.05) is 120 Å². The SMILES string of the molecule is Fc1ccccc1-n1c(-c2cccc(-c3nc(-c4ccccc4)nc(-c4ccccc4)n3)c2)nc2ccccc21. The van der Waals surface area contributed by atoms with Crippen LogP contribution in [0.3, 0.4) is 0 Å². The molecule has 0 amide bonds. The van der Waals surface area contributed by atoms with E-state index in [0.29, 0.717) is 29.0 Å². The molecule has 0 radical (unpaired) electrons. The number of fused-ring (bicyclic) bond motifs is 1. The molecule has 0 unspecified atom stereocenters. The molecule has 7 rings (SSSR count). The van der Waals surface area contributed by atoms with Crippen molar-refractivity contribution in [2.24, 2.45) is 0 Å². The van der Waals surface area contributed by atoms with Gasteiger partial charge in [-0.3, -0.25) is 4.57 Å². The van der Waals surface area contributed by atoms with E-state index < -0.39 is 0 Å². The molecule has 6 heteroatoms. The molecule has 0 saturated carbocycles. The lowest BCUT2D eigenvalue weighted by Crippen LogP contribution is -2.02. The lowest BCUT2D eigenvalue weighted by molar-refractivity contribution is 0.620. The van der Waals surface area contributed by atoms with Gasteiger partial charge in [-0.05, 0) is 30.3 Å². The van der Waals surface area contributed by atoms with Gasteiger partial charge in [0.15, 0.2) is 17.5 Å². The first-order valence-electron chi connectivity index (χ1n) is 12.9. The second-order valence-electron chi connectivity index (χ2n) is 9.33. The summed E-state index contributed by atoms with van der Waals surface area (Å²) in [5.74, 6) is 2.04. The number of hydrogen-bond acceptors (Lipinski definition) is 4. The van der Waals surface area contributed by atoms with Gasteiger partial charge in [0.1, 0.15) is 11.6 Å². The number of halogens is 1. The Morgan fingerprint density at radius 2 is 0.975 bits per heavy atom. The lowest BCUT2D eigenvalue weighted by Gasteiger charge is -2.12. The van der Waals surface area contributed by atoms with Crippen LogP contribution in [0.2, 0.25) is 0 Å². The Morgan fingerprint density at radius 1 is 0.450 bits per heavy atom. The summed E-state index contributed by atoms with van der Waals surface area (Å²) in [4.78, 5) is 19.4. The highest BCUT2D eigenvalue weighted by molar-refractivity contribution is 5.84. The standard InChI is InChI=1S/C34H22FN5/c35-27-18-7-9-20-29(27)40-30-21-10-8-19-28(30)36-34(40)26-17-11-16-25(22-26)33-38-31(23-12-3-1-4-13-23)37-32(39-33)24-14-5-2-6-15-24/h1-22H. The third-order valence-electron chi connectivity index (χ3n) is 6.73. The van der Waals surface area contributed by atoms with Crippen molar-refractivity contribution in [2.45, 2.75) is 0 Å². The van der Waals surface area contributed by atoms with Gasteiger partial charge in [0.25, 0.3) is 0 Å². The van der Waals surface area contributed by atoms with E-state index in [1.54, 1.807) is 12.1 Å². The zero-order chi connectivity index (χ0) is 26.9. The van der Waals surface area contributed by atoms with Crippen molar-refractivity contribution in [1.29, 1.82) is 0 Å². The average Bonchev–Trinajstić information content (AvgIpc) is 3.41. The maximum atomic E-state index is 15.1. The minimum Gasteiger partial charge on any atom is -0.289 e. The summed E-state index contributed by atoms with van der Waals surface area (Å²) in [6.45, 7) is 0. The fraction of sp³-hybridized carbons (Fsp3) is 0. The Balaban J connectivity index is 1.42. The van der Waals surface area contributed by atoms with E-state index in [1.165, 1.54) is 6.07 Å². The lowest BCUT2D eigenvalue weighted by atomic mass is 10.1. The van der Waals surface area contributed by atoms with Gasteiger partial charge in [0.05, 0.1) is 16.7 Å². The van der Waals surface area contributed by atoms with Crippen LogP contribution in [-0.4, -0.2) is 24.5 Å². The minimum absolute atomic E-state index is 0.319. The van der Waals surface area contributed by atoms with Crippen LogP contribution in [0, 0.1) is 5.82 Å². The summed E-state index contributed by atoms with van der Waals surface area (Å²) in [6, 6.07) is 42.1. The molecular formula is C34H22FN5. The first kappa shape index (κ1) is 23.6. The maximum Gasteiger partial charge on any atom is 0.164 e. The van der Waals surface area contributed by atoms with E-state index in [4.69, 9.17) is 19.9 Å². The molecular weight excluding hydrogens is 497 g/mol. The quantitative estimate of drug-likeness (QED) is 0.231. The fourth-order valence-electron chi connectivity index (χ4n) is 4.83. The number of hydrogen-bond donors (Lipinski definition) is 0. The van der Waals surface area contributed by atoms with Gasteiger partial charge in [-0.25, -0.2) is 24.3 Å². The van der Waals surface area contributed by atoms with Crippen LogP contribution in [0.1, 0.15) is 0 Å². The molecule has 0 spiro atoms. The van der Waals surface area contributed by atoms with E-state index in [-0.39, 0.29) is 5.82 Å². The predicted molar refractivity (Wildman–Crippen MR) is 156 cm³/mol. The summed E-state index contributed by atoms with van der Waals surface area (Å²) in [5, 5.41) is 0. The fourth-order valence-corrected chi connectivity index (χ4v) is 4.83. The van der Waals surface area contributed by atoms with Crippen LogP contribution < -0.4 is 0 Å². The maximum absolute atomic E-state index is 15.1. The molecule has 0 fully saturated rings. The molecule has 2 aromatic heterocycles. The topological polar surface area (TPSA) is 56.5 Å². The average molecular weight is 520 g/mol. The number of rotatable bonds is 5. The number of nitrogens with zero attached hydrogens (tertiary/aromatic N) is 5. The molecule has 190 valence electrons. The van der Waals surface area contributed by atoms with Gasteiger partial charge in [-0.1, -0.05) is 103 Å². The zero-order valence-electron chi connectivity index (χ0n) is 21.3. The van der Waals surface area contributed by atoms with Crippen LogP contribution in [0.4, 0.5) is 4.39 Å². The van der Waals surface area contributed by atoms with Crippen LogP contribution in [0.15, 0.2) is 133 Å². The molecule has 0 aliphatic heterocycles. The Morgan fingerprint density at radius 3 is 1.65 bits per heavy atom. The second kappa shape index (κ2) is 10.0. The van der Waals surface area contributed by atoms with Crippen LogP contribution >= 0.6 is 0 Å². The molecule has 40 heavy (non-hydrogen) atoms. The predicted octanol–water partition coefficient (Wildman–Crippen LogP) is 8.02. The normalized spacial score (nSPS) is 11.1. The zero-order valence-corrected chi connectivity index (χ0v) is 21.3. The molecule has 5 aromatic carbocycles. The van der Waals surface area contributed by atoms with Crippen molar-refractivity contribution in [3.8, 4) is 51.2 Å². The first-order valence-corrected chi connectivity index (χ1v) is 12.9. The Bertz CT molecular complexity index is 1910. The number of para-hydroxylation sites is 3. The number of imidazole rings is 1. The molecule has 5 nitrogen and oxygen atoms in total. The molecule has 2 heterocycles. The van der Waals surface area contributed by atoms with Gasteiger partial charge in [-0.15, -0.1) is 0 Å². The van der Waals surface area contributed by atoms with Crippen molar-refractivity contribution in [2.75, 3.05) is 0 Å². The van der Waals surface area contributed by atoms with Gasteiger partial charge >= 0.3 is 0 Å². The first-order chi connectivity index (χ1) is 19.7. The van der Waals surface area contributed by atoms with Crippen molar-refractivity contribution >= 4 is 11.0 Å². The Kier molecular flexibility index (Phi) is 5.90. The van der Waals surface area contributed by atoms with Gasteiger partial charge in [-0.2, -0.15) is 0 Å². The molecule has 0 aliphatic rings. The number of benzene rings is 5. The van der Waals surface area contributed by atoms with Crippen LogP contribution in [0.25, 0.3) is 62.3 Å². The summed E-state index contributed by atoms with van der Waals surface area (Å²) >= 11 is 0. The number of aromatic nitrogens is 5. The van der Waals surface area contributed by atoms with Crippen molar-refractivity contribution in [3.05, 3.63) is 139 Å². The van der Waals surface area contributed by atoms with E-state index in [0.717, 1.165) is 33.3 Å². The Labute approximate surface area is 230 Å². The molecule has 7 aromatic rings. The third kappa shape index (κ3) is 4.31. The summed E-state index contributed by atoms with van der Waals surface area (Å²) in [7, 11) is 0. The van der Waals surface area contributed by atoms with Crippen molar-refractivity contribution < 1.29 is 4.39 Å². The highest BCUT2D eigenvalue weighted by Crippen LogP contribution is 2.32. The molecule has 0 bridgehead atoms. The van der Waals surface area contributed by atoms with E-state index >= 15 is 4.39 Å². The van der Waals surface area contributed by atoms with E-state index in [9.17, 15) is 0 Å². The monoisotopic (exact) mass is 519 g/mol. The largest absolute Gasteiger partial charge is 0.289 e. The van der Waals surface area contributed by atoms with Crippen LogP contribution in [0.5, 0.6) is 0 Å². The van der Waals surface area contributed by atoms with Crippen molar-refractivity contribution in [3.63, 3.8) is 0 Å². The van der Waals surface area contributed by atoms with Crippen LogP contribution in [-0.2, 0) is 0 Å². The minimum atomic E-state index is -0.319. The second-order valence-corrected chi connectivity index (χ2v) is 9.33. The van der Waals surface area contributed by atoms with Gasteiger partial charge in [0.2, 0.25) is 0 Å². The summed E-state index contributed by atoms with van der Waals surface area (Å²) in [6.07, 6.45) is 0. The van der Waals surface area contributed by atoms with Crippen molar-refractivity contribution in [1.82, 2.24) is 24.5 Å². The summed E-state index contributed by atoms with van der Waals surface area (Å²) < 4.78 is 16.9. The summed E-state index contributed by atoms with van der Waals surface area (Å²) in [5.41, 5.74) is 5.48.